The monoisotopic (exact) mass is 337 g/mol. The second-order valence-electron chi connectivity index (χ2n) is 5.96. The molecular formula is C20H23N3S. The maximum absolute atomic E-state index is 5.77. The number of anilines is 1. The molecule has 0 aliphatic rings. The Morgan fingerprint density at radius 1 is 1.00 bits per heavy atom. The molecular weight excluding hydrogens is 314 g/mol. The lowest BCUT2D eigenvalue weighted by atomic mass is 10.1. The molecule has 3 nitrogen and oxygen atoms in total. The number of aryl methyl sites for hydroxylation is 1. The molecule has 4 heteroatoms. The van der Waals surface area contributed by atoms with Crippen LogP contribution in [0, 0.1) is 0 Å². The second-order valence-corrected chi connectivity index (χ2v) is 7.25. The van der Waals surface area contributed by atoms with Gasteiger partial charge in [0.2, 0.25) is 0 Å². The summed E-state index contributed by atoms with van der Waals surface area (Å²) in [6.07, 6.45) is 8.05. The van der Waals surface area contributed by atoms with E-state index >= 15 is 0 Å². The fraction of sp³-hybridized carbons (Fsp3) is 0.250. The van der Waals surface area contributed by atoms with Crippen molar-refractivity contribution in [2.24, 2.45) is 0 Å². The fourth-order valence-electron chi connectivity index (χ4n) is 2.66. The van der Waals surface area contributed by atoms with Gasteiger partial charge in [0.1, 0.15) is 0 Å². The van der Waals surface area contributed by atoms with Crippen molar-refractivity contribution in [3.8, 4) is 0 Å². The lowest BCUT2D eigenvalue weighted by Gasteiger charge is -2.17. The van der Waals surface area contributed by atoms with Gasteiger partial charge in [0.05, 0.1) is 6.33 Å². The van der Waals surface area contributed by atoms with Crippen LogP contribution in [-0.2, 0) is 18.7 Å². The van der Waals surface area contributed by atoms with Crippen molar-refractivity contribution in [1.29, 1.82) is 0 Å². The Balaban J connectivity index is 1.59. The topological polar surface area (TPSA) is 43.8 Å². The molecule has 0 aliphatic carbocycles. The summed E-state index contributed by atoms with van der Waals surface area (Å²) in [4.78, 5) is 4.16. The molecule has 0 saturated carbocycles. The van der Waals surface area contributed by atoms with Crippen LogP contribution in [0.15, 0.2) is 73.3 Å². The van der Waals surface area contributed by atoms with Gasteiger partial charge in [-0.15, -0.1) is 0 Å². The van der Waals surface area contributed by atoms with Crippen LogP contribution in [0.4, 0.5) is 5.69 Å². The zero-order chi connectivity index (χ0) is 16.6. The number of imidazole rings is 1. The molecule has 0 radical (unpaired) electrons. The first-order valence-corrected chi connectivity index (χ1v) is 9.30. The van der Waals surface area contributed by atoms with E-state index in [1.807, 2.05) is 42.6 Å². The summed E-state index contributed by atoms with van der Waals surface area (Å²) in [5, 5.41) is 0.553. The SMILES string of the molecule is Nc1ccc(CSC(CCc2ccccc2)Cn2ccnc2)cc1. The molecule has 0 fully saturated rings. The van der Waals surface area contributed by atoms with Gasteiger partial charge in [0, 0.05) is 35.6 Å². The predicted octanol–water partition coefficient (Wildman–Crippen LogP) is 4.40. The van der Waals surface area contributed by atoms with Gasteiger partial charge in [0.25, 0.3) is 0 Å². The molecule has 2 aromatic carbocycles. The average molecular weight is 337 g/mol. The van der Waals surface area contributed by atoms with Crippen molar-refractivity contribution >= 4 is 17.4 Å². The second kappa shape index (κ2) is 8.60. The molecule has 1 heterocycles. The summed E-state index contributed by atoms with van der Waals surface area (Å²) in [5.74, 6) is 1.01. The van der Waals surface area contributed by atoms with Crippen molar-refractivity contribution in [2.75, 3.05) is 5.73 Å². The highest BCUT2D eigenvalue weighted by Gasteiger charge is 2.11. The molecule has 0 aliphatic heterocycles. The van der Waals surface area contributed by atoms with E-state index in [2.05, 4.69) is 52.0 Å². The van der Waals surface area contributed by atoms with E-state index in [4.69, 9.17) is 5.73 Å². The summed E-state index contributed by atoms with van der Waals surface area (Å²) in [6, 6.07) is 18.9. The van der Waals surface area contributed by atoms with Crippen LogP contribution in [0.2, 0.25) is 0 Å². The van der Waals surface area contributed by atoms with Crippen molar-refractivity contribution in [3.63, 3.8) is 0 Å². The van der Waals surface area contributed by atoms with Crippen molar-refractivity contribution in [1.82, 2.24) is 9.55 Å². The largest absolute Gasteiger partial charge is 0.399 e. The third kappa shape index (κ3) is 5.17. The van der Waals surface area contributed by atoms with Gasteiger partial charge in [-0.05, 0) is 36.1 Å². The maximum atomic E-state index is 5.77. The van der Waals surface area contributed by atoms with Crippen LogP contribution in [0.25, 0.3) is 0 Å². The van der Waals surface area contributed by atoms with Crippen LogP contribution in [-0.4, -0.2) is 14.8 Å². The lowest BCUT2D eigenvalue weighted by molar-refractivity contribution is 0.624. The van der Waals surface area contributed by atoms with Crippen molar-refractivity contribution in [3.05, 3.63) is 84.4 Å². The van der Waals surface area contributed by atoms with E-state index in [0.717, 1.165) is 30.8 Å². The molecule has 1 atom stereocenters. The molecule has 2 N–H and O–H groups in total. The molecule has 1 unspecified atom stereocenters. The normalized spacial score (nSPS) is 12.2. The van der Waals surface area contributed by atoms with Gasteiger partial charge in [-0.3, -0.25) is 0 Å². The maximum Gasteiger partial charge on any atom is 0.0946 e. The van der Waals surface area contributed by atoms with Crippen LogP contribution in [0.5, 0.6) is 0 Å². The molecule has 3 aromatic rings. The predicted molar refractivity (Wildman–Crippen MR) is 103 cm³/mol. The van der Waals surface area contributed by atoms with Gasteiger partial charge in [-0.25, -0.2) is 4.98 Å². The van der Waals surface area contributed by atoms with Gasteiger partial charge < -0.3 is 10.3 Å². The number of benzene rings is 2. The highest BCUT2D eigenvalue weighted by molar-refractivity contribution is 7.99. The number of nitrogens with two attached hydrogens (primary N) is 1. The zero-order valence-electron chi connectivity index (χ0n) is 13.7. The first kappa shape index (κ1) is 16.7. The number of rotatable bonds is 8. The number of aromatic nitrogens is 2. The minimum Gasteiger partial charge on any atom is -0.399 e. The van der Waals surface area contributed by atoms with Gasteiger partial charge in [0.15, 0.2) is 0 Å². The van der Waals surface area contributed by atoms with E-state index in [9.17, 15) is 0 Å². The highest BCUT2D eigenvalue weighted by Crippen LogP contribution is 2.24. The average Bonchev–Trinajstić information content (AvgIpc) is 3.13. The molecule has 1 aromatic heterocycles. The minimum atomic E-state index is 0.553. The van der Waals surface area contributed by atoms with Gasteiger partial charge >= 0.3 is 0 Å². The van der Waals surface area contributed by atoms with Gasteiger partial charge in [-0.1, -0.05) is 42.5 Å². The van der Waals surface area contributed by atoms with Crippen LogP contribution < -0.4 is 5.73 Å². The summed E-state index contributed by atoms with van der Waals surface area (Å²) < 4.78 is 2.17. The number of hydrogen-bond donors (Lipinski definition) is 1. The molecule has 0 saturated heterocycles. The molecule has 24 heavy (non-hydrogen) atoms. The number of nitrogens with zero attached hydrogens (tertiary/aromatic N) is 2. The van der Waals surface area contributed by atoms with Crippen LogP contribution in [0.1, 0.15) is 17.5 Å². The standard InChI is InChI=1S/C20H23N3S/c21-19-9-6-18(7-10-19)15-24-20(14-23-13-12-22-16-23)11-8-17-4-2-1-3-5-17/h1-7,9-10,12-13,16,20H,8,11,14-15,21H2. The van der Waals surface area contributed by atoms with Crippen molar-refractivity contribution in [2.45, 2.75) is 30.4 Å². The smallest absolute Gasteiger partial charge is 0.0946 e. The van der Waals surface area contributed by atoms with E-state index in [0.29, 0.717) is 5.25 Å². The summed E-state index contributed by atoms with van der Waals surface area (Å²) in [7, 11) is 0. The molecule has 0 spiro atoms. The Kier molecular flexibility index (Phi) is 5.96. The highest BCUT2D eigenvalue weighted by atomic mass is 32.2. The third-order valence-corrected chi connectivity index (χ3v) is 5.39. The van der Waals surface area contributed by atoms with E-state index < -0.39 is 0 Å². The molecule has 0 bridgehead atoms. The minimum absolute atomic E-state index is 0.553. The first-order chi connectivity index (χ1) is 11.8. The van der Waals surface area contributed by atoms with Gasteiger partial charge in [-0.2, -0.15) is 11.8 Å². The molecule has 0 amide bonds. The molecule has 124 valence electrons. The molecule has 3 rings (SSSR count). The Labute approximate surface area is 147 Å². The van der Waals surface area contributed by atoms with E-state index in [1.54, 1.807) is 0 Å². The van der Waals surface area contributed by atoms with E-state index in [-0.39, 0.29) is 0 Å². The lowest BCUT2D eigenvalue weighted by Crippen LogP contribution is -2.13. The van der Waals surface area contributed by atoms with Crippen LogP contribution >= 0.6 is 11.8 Å². The quantitative estimate of drug-likeness (QED) is 0.620. The third-order valence-electron chi connectivity index (χ3n) is 4.04. The summed E-state index contributed by atoms with van der Waals surface area (Å²) >= 11 is 2.01. The Morgan fingerprint density at radius 3 is 2.50 bits per heavy atom. The Hall–Kier alpha value is -2.20. The van der Waals surface area contributed by atoms with Crippen LogP contribution in [0.3, 0.4) is 0 Å². The fourth-order valence-corrected chi connectivity index (χ4v) is 3.84. The summed E-state index contributed by atoms with van der Waals surface area (Å²) in [5.41, 5.74) is 9.32. The zero-order valence-corrected chi connectivity index (χ0v) is 14.5. The first-order valence-electron chi connectivity index (χ1n) is 8.25. The number of thioether (sulfide) groups is 1. The Bertz CT molecular complexity index is 708. The number of nitrogen functional groups attached to an aromatic ring is 1. The van der Waals surface area contributed by atoms with E-state index in [1.165, 1.54) is 11.1 Å². The Morgan fingerprint density at radius 2 is 1.79 bits per heavy atom. The summed E-state index contributed by atoms with van der Waals surface area (Å²) in [6.45, 7) is 0.993. The van der Waals surface area contributed by atoms with Crippen molar-refractivity contribution < 1.29 is 0 Å². The number of hydrogen-bond acceptors (Lipinski definition) is 3.